The molecule has 3 unspecified atom stereocenters. The Morgan fingerprint density at radius 3 is 2.89 bits per heavy atom. The Kier molecular flexibility index (Phi) is 4.76. The van der Waals surface area contributed by atoms with Crippen molar-refractivity contribution in [3.63, 3.8) is 0 Å². The van der Waals surface area contributed by atoms with Gasteiger partial charge in [-0.3, -0.25) is 4.90 Å². The molecular formula is C14H25N3S. The number of hydrogen-bond acceptors (Lipinski definition) is 4. The molecular weight excluding hydrogens is 242 g/mol. The number of rotatable bonds is 4. The molecule has 2 heterocycles. The highest BCUT2D eigenvalue weighted by molar-refractivity contribution is 7.09. The Hall–Kier alpha value is -0.450. The van der Waals surface area contributed by atoms with E-state index in [-0.39, 0.29) is 0 Å². The molecule has 0 amide bonds. The van der Waals surface area contributed by atoms with Crippen molar-refractivity contribution < 1.29 is 0 Å². The van der Waals surface area contributed by atoms with Gasteiger partial charge in [-0.05, 0) is 19.3 Å². The SMILES string of the molecule is CCC(c1nccs1)N1CC(C)NCC1C(C)C. The first kappa shape index (κ1) is 14.0. The van der Waals surface area contributed by atoms with Gasteiger partial charge in [-0.15, -0.1) is 11.3 Å². The second kappa shape index (κ2) is 6.13. The summed E-state index contributed by atoms with van der Waals surface area (Å²) >= 11 is 1.79. The van der Waals surface area contributed by atoms with Crippen molar-refractivity contribution in [3.8, 4) is 0 Å². The Labute approximate surface area is 115 Å². The van der Waals surface area contributed by atoms with Crippen LogP contribution >= 0.6 is 11.3 Å². The molecule has 1 aromatic rings. The van der Waals surface area contributed by atoms with E-state index < -0.39 is 0 Å². The maximum absolute atomic E-state index is 4.54. The van der Waals surface area contributed by atoms with Crippen molar-refractivity contribution in [1.29, 1.82) is 0 Å². The van der Waals surface area contributed by atoms with Crippen LogP contribution in [0, 0.1) is 5.92 Å². The van der Waals surface area contributed by atoms with E-state index in [1.165, 1.54) is 5.01 Å². The topological polar surface area (TPSA) is 28.2 Å². The van der Waals surface area contributed by atoms with Crippen LogP contribution in [0.5, 0.6) is 0 Å². The first-order chi connectivity index (χ1) is 8.63. The molecule has 1 aliphatic rings. The number of aromatic nitrogens is 1. The highest BCUT2D eigenvalue weighted by Crippen LogP contribution is 2.31. The summed E-state index contributed by atoms with van der Waals surface area (Å²) in [5.41, 5.74) is 0. The standard InChI is InChI=1S/C14H25N3S/c1-5-12(14-15-6-7-18-14)17-9-11(4)16-8-13(17)10(2)3/h6-7,10-13,16H,5,8-9H2,1-4H3. The third kappa shape index (κ3) is 2.92. The minimum absolute atomic E-state index is 0.488. The van der Waals surface area contributed by atoms with Crippen molar-refractivity contribution in [1.82, 2.24) is 15.2 Å². The Bertz CT molecular complexity index is 350. The predicted octanol–water partition coefficient (Wildman–Crippen LogP) is 2.91. The molecule has 3 nitrogen and oxygen atoms in total. The highest BCUT2D eigenvalue weighted by Gasteiger charge is 2.33. The third-order valence-electron chi connectivity index (χ3n) is 3.88. The first-order valence-corrected chi connectivity index (χ1v) is 7.90. The molecule has 1 aliphatic heterocycles. The summed E-state index contributed by atoms with van der Waals surface area (Å²) in [6.07, 6.45) is 3.07. The van der Waals surface area contributed by atoms with Gasteiger partial charge in [-0.25, -0.2) is 4.98 Å². The molecule has 3 atom stereocenters. The van der Waals surface area contributed by atoms with Crippen LogP contribution in [-0.4, -0.2) is 35.1 Å². The molecule has 0 bridgehead atoms. The van der Waals surface area contributed by atoms with Gasteiger partial charge in [0.05, 0.1) is 6.04 Å². The average molecular weight is 267 g/mol. The van der Waals surface area contributed by atoms with Crippen LogP contribution in [0.1, 0.15) is 45.2 Å². The highest BCUT2D eigenvalue weighted by atomic mass is 32.1. The summed E-state index contributed by atoms with van der Waals surface area (Å²) < 4.78 is 0. The molecule has 0 aromatic carbocycles. The number of piperazine rings is 1. The molecule has 0 radical (unpaired) electrons. The van der Waals surface area contributed by atoms with E-state index in [1.807, 2.05) is 6.20 Å². The molecule has 0 saturated carbocycles. The van der Waals surface area contributed by atoms with Gasteiger partial charge < -0.3 is 5.32 Å². The normalized spacial score (nSPS) is 27.6. The van der Waals surface area contributed by atoms with Crippen LogP contribution in [0.15, 0.2) is 11.6 Å². The number of nitrogens with one attached hydrogen (secondary N) is 1. The lowest BCUT2D eigenvalue weighted by Gasteiger charge is -2.45. The van der Waals surface area contributed by atoms with Gasteiger partial charge in [0.2, 0.25) is 0 Å². The van der Waals surface area contributed by atoms with Crippen LogP contribution in [0.3, 0.4) is 0 Å². The van der Waals surface area contributed by atoms with E-state index in [0.29, 0.717) is 24.0 Å². The largest absolute Gasteiger partial charge is 0.311 e. The molecule has 1 fully saturated rings. The zero-order valence-electron chi connectivity index (χ0n) is 11.9. The van der Waals surface area contributed by atoms with Crippen molar-refractivity contribution in [2.24, 2.45) is 5.92 Å². The van der Waals surface area contributed by atoms with Gasteiger partial charge >= 0.3 is 0 Å². The molecule has 0 aliphatic carbocycles. The number of hydrogen-bond donors (Lipinski definition) is 1. The van der Waals surface area contributed by atoms with Crippen LogP contribution in [0.25, 0.3) is 0 Å². The monoisotopic (exact) mass is 267 g/mol. The van der Waals surface area contributed by atoms with E-state index in [4.69, 9.17) is 0 Å². The maximum Gasteiger partial charge on any atom is 0.110 e. The van der Waals surface area contributed by atoms with Crippen molar-refractivity contribution >= 4 is 11.3 Å². The minimum Gasteiger partial charge on any atom is -0.311 e. The summed E-state index contributed by atoms with van der Waals surface area (Å²) in [7, 11) is 0. The fourth-order valence-electron chi connectivity index (χ4n) is 2.88. The van der Waals surface area contributed by atoms with E-state index in [2.05, 4.69) is 48.3 Å². The van der Waals surface area contributed by atoms with Gasteiger partial charge in [-0.1, -0.05) is 20.8 Å². The summed E-state index contributed by atoms with van der Waals surface area (Å²) in [6.45, 7) is 11.4. The lowest BCUT2D eigenvalue weighted by atomic mass is 9.96. The minimum atomic E-state index is 0.488. The van der Waals surface area contributed by atoms with E-state index in [0.717, 1.165) is 19.5 Å². The molecule has 1 saturated heterocycles. The quantitative estimate of drug-likeness (QED) is 0.909. The maximum atomic E-state index is 4.54. The Morgan fingerprint density at radius 1 is 1.56 bits per heavy atom. The van der Waals surface area contributed by atoms with Crippen molar-refractivity contribution in [2.45, 2.75) is 52.2 Å². The van der Waals surface area contributed by atoms with Gasteiger partial charge in [0.15, 0.2) is 0 Å². The summed E-state index contributed by atoms with van der Waals surface area (Å²) in [6, 6.07) is 1.69. The lowest BCUT2D eigenvalue weighted by molar-refractivity contribution is 0.0563. The summed E-state index contributed by atoms with van der Waals surface area (Å²) in [5.74, 6) is 0.680. The van der Waals surface area contributed by atoms with Crippen LogP contribution in [-0.2, 0) is 0 Å². The summed E-state index contributed by atoms with van der Waals surface area (Å²) in [5, 5.41) is 6.98. The van der Waals surface area contributed by atoms with Gasteiger partial charge in [0, 0.05) is 36.8 Å². The van der Waals surface area contributed by atoms with Crippen molar-refractivity contribution in [3.05, 3.63) is 16.6 Å². The Morgan fingerprint density at radius 2 is 2.33 bits per heavy atom. The van der Waals surface area contributed by atoms with Gasteiger partial charge in [0.25, 0.3) is 0 Å². The van der Waals surface area contributed by atoms with E-state index in [9.17, 15) is 0 Å². The fourth-order valence-corrected chi connectivity index (χ4v) is 3.72. The number of thiazole rings is 1. The molecule has 18 heavy (non-hydrogen) atoms. The summed E-state index contributed by atoms with van der Waals surface area (Å²) in [4.78, 5) is 7.21. The fraction of sp³-hybridized carbons (Fsp3) is 0.786. The van der Waals surface area contributed by atoms with E-state index >= 15 is 0 Å². The smallest absolute Gasteiger partial charge is 0.110 e. The number of nitrogens with zero attached hydrogens (tertiary/aromatic N) is 2. The van der Waals surface area contributed by atoms with E-state index in [1.54, 1.807) is 11.3 Å². The molecule has 1 aromatic heterocycles. The average Bonchev–Trinajstić information content (AvgIpc) is 2.83. The zero-order chi connectivity index (χ0) is 13.1. The molecule has 4 heteroatoms. The molecule has 1 N–H and O–H groups in total. The third-order valence-corrected chi connectivity index (χ3v) is 4.76. The molecule has 102 valence electrons. The van der Waals surface area contributed by atoms with Gasteiger partial charge in [0.1, 0.15) is 5.01 Å². The Balaban J connectivity index is 2.20. The predicted molar refractivity (Wildman–Crippen MR) is 77.9 cm³/mol. The lowest BCUT2D eigenvalue weighted by Crippen LogP contribution is -2.58. The van der Waals surface area contributed by atoms with Crippen LogP contribution < -0.4 is 5.32 Å². The van der Waals surface area contributed by atoms with Crippen molar-refractivity contribution in [2.75, 3.05) is 13.1 Å². The zero-order valence-corrected chi connectivity index (χ0v) is 12.7. The second-order valence-electron chi connectivity index (χ2n) is 5.61. The van der Waals surface area contributed by atoms with Gasteiger partial charge in [-0.2, -0.15) is 0 Å². The van der Waals surface area contributed by atoms with Crippen LogP contribution in [0.4, 0.5) is 0 Å². The van der Waals surface area contributed by atoms with Crippen LogP contribution in [0.2, 0.25) is 0 Å². The first-order valence-electron chi connectivity index (χ1n) is 7.02. The second-order valence-corrected chi connectivity index (χ2v) is 6.54. The molecule has 2 rings (SSSR count). The molecule has 0 spiro atoms.